The number of hydrogen-bond acceptors (Lipinski definition) is 3. The fraction of sp³-hybridized carbons (Fsp3) is 0.667. The summed E-state index contributed by atoms with van der Waals surface area (Å²) >= 11 is 0. The summed E-state index contributed by atoms with van der Waals surface area (Å²) < 4.78 is 0. The summed E-state index contributed by atoms with van der Waals surface area (Å²) in [6.07, 6.45) is 2.42. The van der Waals surface area contributed by atoms with E-state index in [9.17, 15) is 0 Å². The average molecular weight is 249 g/mol. The molecule has 0 aromatic carbocycles. The molecule has 1 aromatic heterocycles. The Morgan fingerprint density at radius 3 is 2.50 bits per heavy atom. The first kappa shape index (κ1) is 15.0. The summed E-state index contributed by atoms with van der Waals surface area (Å²) in [5.74, 6) is 1.63. The van der Waals surface area contributed by atoms with E-state index >= 15 is 0 Å². The van der Waals surface area contributed by atoms with Crippen LogP contribution in [-0.4, -0.2) is 44.1 Å². The van der Waals surface area contributed by atoms with Gasteiger partial charge in [0.2, 0.25) is 0 Å². The van der Waals surface area contributed by atoms with Crippen molar-refractivity contribution in [3.05, 3.63) is 23.9 Å². The quantitative estimate of drug-likeness (QED) is 0.740. The lowest BCUT2D eigenvalue weighted by atomic mass is 10.0. The third-order valence-electron chi connectivity index (χ3n) is 3.26. The topological polar surface area (TPSA) is 19.4 Å². The minimum Gasteiger partial charge on any atom is -0.358 e. The van der Waals surface area contributed by atoms with Gasteiger partial charge in [-0.05, 0) is 38.6 Å². The summed E-state index contributed by atoms with van der Waals surface area (Å²) in [6.45, 7) is 6.54. The Kier molecular flexibility index (Phi) is 6.13. The predicted octanol–water partition coefficient (Wildman–Crippen LogP) is 2.98. The first-order valence-electron chi connectivity index (χ1n) is 6.87. The van der Waals surface area contributed by atoms with Gasteiger partial charge in [-0.3, -0.25) is 0 Å². The van der Waals surface area contributed by atoms with E-state index in [1.165, 1.54) is 18.5 Å². The van der Waals surface area contributed by atoms with Gasteiger partial charge in [-0.1, -0.05) is 26.3 Å². The third-order valence-corrected chi connectivity index (χ3v) is 3.26. The summed E-state index contributed by atoms with van der Waals surface area (Å²) in [7, 11) is 6.31. The van der Waals surface area contributed by atoms with Gasteiger partial charge >= 0.3 is 0 Å². The lowest BCUT2D eigenvalue weighted by Gasteiger charge is -2.21. The van der Waals surface area contributed by atoms with E-state index in [1.54, 1.807) is 0 Å². The maximum atomic E-state index is 4.78. The van der Waals surface area contributed by atoms with Gasteiger partial charge in [0.15, 0.2) is 0 Å². The highest BCUT2D eigenvalue weighted by Crippen LogP contribution is 2.20. The van der Waals surface area contributed by atoms with E-state index in [2.05, 4.69) is 63.0 Å². The molecule has 0 saturated heterocycles. The lowest BCUT2D eigenvalue weighted by Crippen LogP contribution is -2.29. The van der Waals surface area contributed by atoms with Crippen molar-refractivity contribution in [3.63, 3.8) is 0 Å². The molecule has 3 nitrogen and oxygen atoms in total. The number of rotatable bonds is 7. The number of aromatic nitrogens is 1. The van der Waals surface area contributed by atoms with Gasteiger partial charge in [-0.15, -0.1) is 0 Å². The van der Waals surface area contributed by atoms with Crippen LogP contribution >= 0.6 is 0 Å². The molecule has 1 unspecified atom stereocenters. The molecule has 0 spiro atoms. The normalized spacial score (nSPS) is 12.8. The SMILES string of the molecule is CCCC(C)c1cccc(N(C)CCN(C)C)n1. The molecule has 3 heteroatoms. The van der Waals surface area contributed by atoms with Crippen LogP contribution in [0.3, 0.4) is 0 Å². The van der Waals surface area contributed by atoms with Crippen LogP contribution in [0.4, 0.5) is 5.82 Å². The Bertz CT molecular complexity index is 349. The van der Waals surface area contributed by atoms with Crippen molar-refractivity contribution in [3.8, 4) is 0 Å². The lowest BCUT2D eigenvalue weighted by molar-refractivity contribution is 0.416. The fourth-order valence-corrected chi connectivity index (χ4v) is 1.97. The molecule has 0 aliphatic heterocycles. The van der Waals surface area contributed by atoms with E-state index in [0.29, 0.717) is 5.92 Å². The molecule has 0 radical (unpaired) electrons. The van der Waals surface area contributed by atoms with Crippen LogP contribution < -0.4 is 4.90 Å². The minimum absolute atomic E-state index is 0.553. The monoisotopic (exact) mass is 249 g/mol. The zero-order valence-corrected chi connectivity index (χ0v) is 12.5. The molecule has 1 rings (SSSR count). The van der Waals surface area contributed by atoms with Crippen molar-refractivity contribution in [2.24, 2.45) is 0 Å². The van der Waals surface area contributed by atoms with E-state index in [0.717, 1.165) is 18.9 Å². The zero-order valence-electron chi connectivity index (χ0n) is 12.5. The van der Waals surface area contributed by atoms with Gasteiger partial charge in [0.05, 0.1) is 0 Å². The predicted molar refractivity (Wildman–Crippen MR) is 79.4 cm³/mol. The maximum Gasteiger partial charge on any atom is 0.128 e. The van der Waals surface area contributed by atoms with Crippen LogP contribution in [-0.2, 0) is 0 Å². The Morgan fingerprint density at radius 2 is 1.89 bits per heavy atom. The summed E-state index contributed by atoms with van der Waals surface area (Å²) in [6, 6.07) is 6.36. The second-order valence-electron chi connectivity index (χ2n) is 5.34. The Morgan fingerprint density at radius 1 is 1.17 bits per heavy atom. The van der Waals surface area contributed by atoms with Crippen molar-refractivity contribution in [1.29, 1.82) is 0 Å². The van der Waals surface area contributed by atoms with Gasteiger partial charge in [0.25, 0.3) is 0 Å². The molecule has 0 saturated carbocycles. The molecule has 1 heterocycles. The molecule has 1 atom stereocenters. The maximum absolute atomic E-state index is 4.78. The van der Waals surface area contributed by atoms with Crippen LogP contribution in [0.15, 0.2) is 18.2 Å². The van der Waals surface area contributed by atoms with Crippen LogP contribution in [0.5, 0.6) is 0 Å². The van der Waals surface area contributed by atoms with Gasteiger partial charge in [0, 0.05) is 25.8 Å². The zero-order chi connectivity index (χ0) is 13.5. The fourth-order valence-electron chi connectivity index (χ4n) is 1.97. The summed E-state index contributed by atoms with van der Waals surface area (Å²) in [5.41, 5.74) is 1.21. The second kappa shape index (κ2) is 7.37. The largest absolute Gasteiger partial charge is 0.358 e. The highest BCUT2D eigenvalue weighted by molar-refractivity contribution is 5.38. The molecule has 1 aromatic rings. The minimum atomic E-state index is 0.553. The molecule has 0 aliphatic rings. The number of likely N-dealkylation sites (N-methyl/N-ethyl adjacent to an activating group) is 2. The third kappa shape index (κ3) is 4.65. The summed E-state index contributed by atoms with van der Waals surface area (Å²) in [5, 5.41) is 0. The second-order valence-corrected chi connectivity index (χ2v) is 5.34. The standard InChI is InChI=1S/C15H27N3/c1-6-8-13(2)14-9-7-10-15(16-14)18(5)12-11-17(3)4/h7,9-10,13H,6,8,11-12H2,1-5H3. The van der Waals surface area contributed by atoms with E-state index in [-0.39, 0.29) is 0 Å². The number of anilines is 1. The Balaban J connectivity index is 2.68. The van der Waals surface area contributed by atoms with Crippen molar-refractivity contribution in [2.75, 3.05) is 39.1 Å². The Hall–Kier alpha value is -1.09. The van der Waals surface area contributed by atoms with Crippen molar-refractivity contribution in [2.45, 2.75) is 32.6 Å². The molecular weight excluding hydrogens is 222 g/mol. The highest BCUT2D eigenvalue weighted by Gasteiger charge is 2.08. The van der Waals surface area contributed by atoms with Gasteiger partial charge in [-0.25, -0.2) is 4.98 Å². The number of hydrogen-bond donors (Lipinski definition) is 0. The first-order valence-corrected chi connectivity index (χ1v) is 6.87. The average Bonchev–Trinajstić information content (AvgIpc) is 2.36. The van der Waals surface area contributed by atoms with Crippen molar-refractivity contribution in [1.82, 2.24) is 9.88 Å². The number of nitrogens with zero attached hydrogens (tertiary/aromatic N) is 3. The summed E-state index contributed by atoms with van der Waals surface area (Å²) in [4.78, 5) is 9.20. The molecule has 0 amide bonds. The molecule has 102 valence electrons. The molecule has 0 aliphatic carbocycles. The molecule has 18 heavy (non-hydrogen) atoms. The van der Waals surface area contributed by atoms with E-state index < -0.39 is 0 Å². The first-order chi connectivity index (χ1) is 8.54. The molecule has 0 fully saturated rings. The number of pyridine rings is 1. The van der Waals surface area contributed by atoms with Gasteiger partial charge in [-0.2, -0.15) is 0 Å². The van der Waals surface area contributed by atoms with Crippen LogP contribution in [0.2, 0.25) is 0 Å². The highest BCUT2D eigenvalue weighted by atomic mass is 15.2. The van der Waals surface area contributed by atoms with Crippen LogP contribution in [0, 0.1) is 0 Å². The molecule has 0 bridgehead atoms. The van der Waals surface area contributed by atoms with Crippen LogP contribution in [0.1, 0.15) is 38.3 Å². The van der Waals surface area contributed by atoms with Gasteiger partial charge in [0.1, 0.15) is 5.82 Å². The van der Waals surface area contributed by atoms with Gasteiger partial charge < -0.3 is 9.80 Å². The van der Waals surface area contributed by atoms with Crippen LogP contribution in [0.25, 0.3) is 0 Å². The van der Waals surface area contributed by atoms with E-state index in [1.807, 2.05) is 0 Å². The van der Waals surface area contributed by atoms with Crippen molar-refractivity contribution >= 4 is 5.82 Å². The molecule has 0 N–H and O–H groups in total. The molecular formula is C15H27N3. The van der Waals surface area contributed by atoms with Crippen molar-refractivity contribution < 1.29 is 0 Å². The van der Waals surface area contributed by atoms with E-state index in [4.69, 9.17) is 4.98 Å². The Labute approximate surface area is 112 Å². The smallest absolute Gasteiger partial charge is 0.128 e.